The van der Waals surface area contributed by atoms with Crippen LogP contribution in [0.15, 0.2) is 18.2 Å². The molecule has 1 aliphatic carbocycles. The zero-order chi connectivity index (χ0) is 11.5. The van der Waals surface area contributed by atoms with Crippen molar-refractivity contribution in [3.05, 3.63) is 29.6 Å². The Morgan fingerprint density at radius 3 is 2.88 bits per heavy atom. The van der Waals surface area contributed by atoms with Crippen LogP contribution < -0.4 is 5.32 Å². The van der Waals surface area contributed by atoms with Crippen molar-refractivity contribution in [3.8, 4) is 5.75 Å². The first-order valence-corrected chi connectivity index (χ1v) is 5.43. The normalized spacial score (nSPS) is 14.8. The highest BCUT2D eigenvalue weighted by molar-refractivity contribution is 5.94. The van der Waals surface area contributed by atoms with Gasteiger partial charge in [0, 0.05) is 12.6 Å². The zero-order valence-corrected chi connectivity index (χ0v) is 8.87. The molecular weight excluding hydrogens is 209 g/mol. The van der Waals surface area contributed by atoms with Crippen LogP contribution in [0.3, 0.4) is 0 Å². The Kier molecular flexibility index (Phi) is 3.08. The SMILES string of the molecule is O=C(NCCC1CC1)c1ccc(O)cc1F. The van der Waals surface area contributed by atoms with Gasteiger partial charge in [-0.1, -0.05) is 12.8 Å². The number of carbonyl (C=O) groups excluding carboxylic acids is 1. The highest BCUT2D eigenvalue weighted by atomic mass is 19.1. The van der Waals surface area contributed by atoms with Gasteiger partial charge in [0.25, 0.3) is 5.91 Å². The number of carbonyl (C=O) groups is 1. The molecule has 2 N–H and O–H groups in total. The van der Waals surface area contributed by atoms with Crippen LogP contribution in [0, 0.1) is 11.7 Å². The van der Waals surface area contributed by atoms with E-state index in [9.17, 15) is 9.18 Å². The maximum atomic E-state index is 13.3. The summed E-state index contributed by atoms with van der Waals surface area (Å²) in [5.41, 5.74) is -0.0198. The summed E-state index contributed by atoms with van der Waals surface area (Å²) in [6.07, 6.45) is 3.44. The minimum absolute atomic E-state index is 0.0198. The van der Waals surface area contributed by atoms with E-state index < -0.39 is 11.7 Å². The minimum Gasteiger partial charge on any atom is -0.508 e. The van der Waals surface area contributed by atoms with Gasteiger partial charge < -0.3 is 10.4 Å². The molecule has 0 bridgehead atoms. The van der Waals surface area contributed by atoms with Crippen LogP contribution >= 0.6 is 0 Å². The summed E-state index contributed by atoms with van der Waals surface area (Å²) in [6, 6.07) is 3.53. The largest absolute Gasteiger partial charge is 0.508 e. The maximum absolute atomic E-state index is 13.3. The second-order valence-corrected chi connectivity index (χ2v) is 4.15. The second kappa shape index (κ2) is 4.51. The van der Waals surface area contributed by atoms with Crippen LogP contribution in [0.25, 0.3) is 0 Å². The van der Waals surface area contributed by atoms with E-state index in [1.807, 2.05) is 0 Å². The molecule has 1 saturated carbocycles. The topological polar surface area (TPSA) is 49.3 Å². The van der Waals surface area contributed by atoms with Crippen LogP contribution in [-0.2, 0) is 0 Å². The highest BCUT2D eigenvalue weighted by Crippen LogP contribution is 2.31. The summed E-state index contributed by atoms with van der Waals surface area (Å²) in [6.45, 7) is 0.587. The predicted molar refractivity (Wildman–Crippen MR) is 57.7 cm³/mol. The van der Waals surface area contributed by atoms with Crippen molar-refractivity contribution in [2.75, 3.05) is 6.54 Å². The van der Waals surface area contributed by atoms with E-state index in [0.29, 0.717) is 6.54 Å². The van der Waals surface area contributed by atoms with E-state index >= 15 is 0 Å². The smallest absolute Gasteiger partial charge is 0.254 e. The average Bonchev–Trinajstić information content (AvgIpc) is 3.01. The van der Waals surface area contributed by atoms with Gasteiger partial charge in [-0.2, -0.15) is 0 Å². The molecule has 0 aliphatic heterocycles. The van der Waals surface area contributed by atoms with E-state index in [1.54, 1.807) is 0 Å². The number of halogens is 1. The van der Waals surface area contributed by atoms with Crippen LogP contribution in [0.4, 0.5) is 4.39 Å². The lowest BCUT2D eigenvalue weighted by atomic mass is 10.2. The quantitative estimate of drug-likeness (QED) is 0.820. The second-order valence-electron chi connectivity index (χ2n) is 4.15. The molecule has 1 aromatic rings. The van der Waals surface area contributed by atoms with Crippen molar-refractivity contribution in [3.63, 3.8) is 0 Å². The monoisotopic (exact) mass is 223 g/mol. The molecule has 16 heavy (non-hydrogen) atoms. The molecule has 86 valence electrons. The Balaban J connectivity index is 1.91. The Morgan fingerprint density at radius 1 is 1.50 bits per heavy atom. The summed E-state index contributed by atoms with van der Waals surface area (Å²) in [5, 5.41) is 11.7. The molecule has 2 rings (SSSR count). The first-order chi connectivity index (χ1) is 7.66. The van der Waals surface area contributed by atoms with Crippen LogP contribution in [0.5, 0.6) is 5.75 Å². The molecule has 0 heterocycles. The van der Waals surface area contributed by atoms with Crippen molar-refractivity contribution in [1.29, 1.82) is 0 Å². The lowest BCUT2D eigenvalue weighted by molar-refractivity contribution is 0.0948. The number of rotatable bonds is 4. The van der Waals surface area contributed by atoms with Gasteiger partial charge in [0.15, 0.2) is 0 Å². The molecule has 1 amide bonds. The number of benzene rings is 1. The molecule has 1 fully saturated rings. The van der Waals surface area contributed by atoms with E-state index in [2.05, 4.69) is 5.32 Å². The molecular formula is C12H14FNO2. The molecule has 3 nitrogen and oxygen atoms in total. The summed E-state index contributed by atoms with van der Waals surface area (Å²) in [7, 11) is 0. The number of hydrogen-bond acceptors (Lipinski definition) is 2. The molecule has 1 aromatic carbocycles. The molecule has 0 saturated heterocycles. The number of hydrogen-bond donors (Lipinski definition) is 2. The van der Waals surface area contributed by atoms with Crippen LogP contribution in [0.1, 0.15) is 29.6 Å². The Morgan fingerprint density at radius 2 is 2.25 bits per heavy atom. The fraction of sp³-hybridized carbons (Fsp3) is 0.417. The Bertz CT molecular complexity index is 402. The van der Waals surface area contributed by atoms with Gasteiger partial charge in [0.2, 0.25) is 0 Å². The zero-order valence-electron chi connectivity index (χ0n) is 8.87. The Labute approximate surface area is 93.3 Å². The Hall–Kier alpha value is -1.58. The van der Waals surface area contributed by atoms with E-state index in [4.69, 9.17) is 5.11 Å². The lowest BCUT2D eigenvalue weighted by Gasteiger charge is -2.05. The molecule has 0 spiro atoms. The number of phenols is 1. The van der Waals surface area contributed by atoms with Gasteiger partial charge in [-0.15, -0.1) is 0 Å². The third-order valence-electron chi connectivity index (χ3n) is 2.73. The van der Waals surface area contributed by atoms with Crippen molar-refractivity contribution in [2.24, 2.45) is 5.92 Å². The van der Waals surface area contributed by atoms with Crippen LogP contribution in [-0.4, -0.2) is 17.6 Å². The number of amides is 1. The van der Waals surface area contributed by atoms with Gasteiger partial charge in [0.05, 0.1) is 5.56 Å². The summed E-state index contributed by atoms with van der Waals surface area (Å²) in [5.74, 6) is -0.543. The number of phenolic OH excluding ortho intramolecular Hbond substituents is 1. The van der Waals surface area contributed by atoms with E-state index in [-0.39, 0.29) is 11.3 Å². The van der Waals surface area contributed by atoms with Crippen molar-refractivity contribution in [1.82, 2.24) is 5.32 Å². The minimum atomic E-state index is -0.691. The van der Waals surface area contributed by atoms with E-state index in [1.165, 1.54) is 25.0 Å². The lowest BCUT2D eigenvalue weighted by Crippen LogP contribution is -2.25. The standard InChI is InChI=1S/C12H14FNO2/c13-11-7-9(15)3-4-10(11)12(16)14-6-5-8-1-2-8/h3-4,7-8,15H,1-2,5-6H2,(H,14,16). The first-order valence-electron chi connectivity index (χ1n) is 5.43. The third kappa shape index (κ3) is 2.72. The molecule has 0 aromatic heterocycles. The maximum Gasteiger partial charge on any atom is 0.254 e. The predicted octanol–water partition coefficient (Wildman–Crippen LogP) is 2.06. The third-order valence-corrected chi connectivity index (χ3v) is 2.73. The van der Waals surface area contributed by atoms with E-state index in [0.717, 1.165) is 18.4 Å². The summed E-state index contributed by atoms with van der Waals surface area (Å²) in [4.78, 5) is 11.5. The van der Waals surface area contributed by atoms with Crippen molar-refractivity contribution < 1.29 is 14.3 Å². The molecule has 4 heteroatoms. The van der Waals surface area contributed by atoms with Gasteiger partial charge in [-0.25, -0.2) is 4.39 Å². The molecule has 1 aliphatic rings. The molecule has 0 radical (unpaired) electrons. The van der Waals surface area contributed by atoms with Crippen LogP contribution in [0.2, 0.25) is 0 Å². The highest BCUT2D eigenvalue weighted by Gasteiger charge is 2.21. The van der Waals surface area contributed by atoms with Crippen molar-refractivity contribution in [2.45, 2.75) is 19.3 Å². The molecule has 0 unspecified atom stereocenters. The first kappa shape index (κ1) is 10.9. The van der Waals surface area contributed by atoms with Gasteiger partial charge in [-0.05, 0) is 24.5 Å². The van der Waals surface area contributed by atoms with Gasteiger partial charge in [-0.3, -0.25) is 4.79 Å². The van der Waals surface area contributed by atoms with Gasteiger partial charge in [0.1, 0.15) is 11.6 Å². The van der Waals surface area contributed by atoms with Crippen molar-refractivity contribution >= 4 is 5.91 Å². The summed E-state index contributed by atoms with van der Waals surface area (Å²) < 4.78 is 13.3. The number of aromatic hydroxyl groups is 1. The fourth-order valence-corrected chi connectivity index (χ4v) is 1.58. The summed E-state index contributed by atoms with van der Waals surface area (Å²) >= 11 is 0. The average molecular weight is 223 g/mol. The number of nitrogens with one attached hydrogen (secondary N) is 1. The van der Waals surface area contributed by atoms with Gasteiger partial charge >= 0.3 is 0 Å². The fourth-order valence-electron chi connectivity index (χ4n) is 1.58. The molecule has 0 atom stereocenters.